The molecule has 0 spiro atoms. The minimum atomic E-state index is -4.36. The maximum absolute atomic E-state index is 12.7. The summed E-state index contributed by atoms with van der Waals surface area (Å²) < 4.78 is 44.8. The molecule has 0 saturated carbocycles. The van der Waals surface area contributed by atoms with Crippen molar-refractivity contribution in [2.75, 3.05) is 25.6 Å². The Balaban J connectivity index is 2.17. The van der Waals surface area contributed by atoms with E-state index in [1.807, 2.05) is 0 Å². The molecule has 0 aliphatic rings. The summed E-state index contributed by atoms with van der Waals surface area (Å²) in [5, 5.41) is 3.08. The molecule has 0 saturated heterocycles. The Morgan fingerprint density at radius 2 is 2.14 bits per heavy atom. The Hall–Kier alpha value is -2.02. The van der Waals surface area contributed by atoms with Crippen LogP contribution in [0.1, 0.15) is 12.0 Å². The van der Waals surface area contributed by atoms with Crippen molar-refractivity contribution in [2.45, 2.75) is 12.6 Å². The van der Waals surface area contributed by atoms with Gasteiger partial charge in [-0.1, -0.05) is 6.07 Å². The first-order valence-corrected chi connectivity index (χ1v) is 6.46. The maximum Gasteiger partial charge on any atom is 0.416 e. The number of hydrogen-bond acceptors (Lipinski definition) is 3. The number of alkyl halides is 3. The van der Waals surface area contributed by atoms with Crippen molar-refractivity contribution in [3.63, 3.8) is 0 Å². The summed E-state index contributed by atoms with van der Waals surface area (Å²) in [5.41, 5.74) is -0.268. The predicted octanol–water partition coefficient (Wildman–Crippen LogP) is 3.34. The number of anilines is 1. The lowest BCUT2D eigenvalue weighted by Gasteiger charge is -2.12. The third kappa shape index (κ3) is 3.98. The van der Waals surface area contributed by atoms with Crippen LogP contribution in [0, 0.1) is 0 Å². The predicted molar refractivity (Wildman–Crippen MR) is 73.5 cm³/mol. The summed E-state index contributed by atoms with van der Waals surface area (Å²) in [5.74, 6) is 0.505. The van der Waals surface area contributed by atoms with Gasteiger partial charge in [0.2, 0.25) is 5.95 Å². The van der Waals surface area contributed by atoms with Crippen LogP contribution in [0.2, 0.25) is 0 Å². The second-order valence-corrected chi connectivity index (χ2v) is 4.44. The molecule has 7 heteroatoms. The lowest BCUT2D eigenvalue weighted by atomic mass is 10.2. The van der Waals surface area contributed by atoms with E-state index >= 15 is 0 Å². The van der Waals surface area contributed by atoms with Crippen molar-refractivity contribution in [1.82, 2.24) is 9.55 Å². The number of ether oxygens (including phenoxy) is 1. The molecule has 0 aliphatic heterocycles. The van der Waals surface area contributed by atoms with E-state index in [-0.39, 0.29) is 0 Å². The Kier molecular flexibility index (Phi) is 4.85. The molecule has 0 bridgehead atoms. The Bertz CT molecular complexity index is 581. The van der Waals surface area contributed by atoms with Gasteiger partial charge in [0, 0.05) is 38.3 Å². The van der Waals surface area contributed by atoms with Crippen LogP contribution in [-0.2, 0) is 10.9 Å². The van der Waals surface area contributed by atoms with E-state index in [4.69, 9.17) is 4.74 Å². The van der Waals surface area contributed by atoms with Crippen molar-refractivity contribution in [3.05, 3.63) is 42.2 Å². The number of nitrogens with one attached hydrogen (secondary N) is 1. The first-order valence-electron chi connectivity index (χ1n) is 6.46. The molecule has 1 N–H and O–H groups in total. The zero-order valence-corrected chi connectivity index (χ0v) is 11.5. The van der Waals surface area contributed by atoms with E-state index in [0.717, 1.165) is 18.6 Å². The normalized spacial score (nSPS) is 11.6. The van der Waals surface area contributed by atoms with E-state index in [1.54, 1.807) is 30.1 Å². The quantitative estimate of drug-likeness (QED) is 0.832. The van der Waals surface area contributed by atoms with Gasteiger partial charge >= 0.3 is 6.18 Å². The van der Waals surface area contributed by atoms with Crippen LogP contribution in [0.3, 0.4) is 0 Å². The molecule has 114 valence electrons. The van der Waals surface area contributed by atoms with Crippen LogP contribution < -0.4 is 5.32 Å². The van der Waals surface area contributed by atoms with Gasteiger partial charge in [-0.15, -0.1) is 0 Å². The largest absolute Gasteiger partial charge is 0.416 e. The second-order valence-electron chi connectivity index (χ2n) is 4.44. The molecule has 0 amide bonds. The average Bonchev–Trinajstić information content (AvgIpc) is 2.91. The van der Waals surface area contributed by atoms with Crippen molar-refractivity contribution in [1.29, 1.82) is 0 Å². The van der Waals surface area contributed by atoms with E-state index in [0.29, 0.717) is 24.8 Å². The standard InChI is InChI=1S/C14H16F3N3O/c1-21-9-3-6-18-13-19-7-8-20(13)12-5-2-4-11(10-12)14(15,16)17/h2,4-5,7-8,10H,3,6,9H2,1H3,(H,18,19). The van der Waals surface area contributed by atoms with Crippen LogP contribution in [0.4, 0.5) is 19.1 Å². The number of nitrogens with zero attached hydrogens (tertiary/aromatic N) is 2. The van der Waals surface area contributed by atoms with E-state index in [2.05, 4.69) is 10.3 Å². The number of halogens is 3. The lowest BCUT2D eigenvalue weighted by Crippen LogP contribution is -2.10. The van der Waals surface area contributed by atoms with E-state index in [1.165, 1.54) is 6.07 Å². The molecule has 0 unspecified atom stereocenters. The zero-order valence-electron chi connectivity index (χ0n) is 11.5. The Morgan fingerprint density at radius 1 is 1.33 bits per heavy atom. The molecule has 2 rings (SSSR count). The smallest absolute Gasteiger partial charge is 0.385 e. The molecule has 0 fully saturated rings. The van der Waals surface area contributed by atoms with Crippen molar-refractivity contribution in [2.24, 2.45) is 0 Å². The summed E-state index contributed by atoms with van der Waals surface area (Å²) in [4.78, 5) is 4.11. The highest BCUT2D eigenvalue weighted by Gasteiger charge is 2.30. The highest BCUT2D eigenvalue weighted by molar-refractivity contribution is 5.44. The number of imidazole rings is 1. The number of aromatic nitrogens is 2. The van der Waals surface area contributed by atoms with Gasteiger partial charge in [0.05, 0.1) is 5.56 Å². The van der Waals surface area contributed by atoms with Gasteiger partial charge in [-0.3, -0.25) is 4.57 Å². The van der Waals surface area contributed by atoms with Gasteiger partial charge in [0.1, 0.15) is 0 Å². The maximum atomic E-state index is 12.7. The fourth-order valence-corrected chi connectivity index (χ4v) is 1.89. The summed E-state index contributed by atoms with van der Waals surface area (Å²) in [6.07, 6.45) is -0.415. The molecule has 0 radical (unpaired) electrons. The van der Waals surface area contributed by atoms with Crippen LogP contribution in [-0.4, -0.2) is 29.8 Å². The van der Waals surface area contributed by atoms with Gasteiger partial charge in [-0.05, 0) is 24.6 Å². The highest BCUT2D eigenvalue weighted by atomic mass is 19.4. The van der Waals surface area contributed by atoms with Crippen LogP contribution in [0.15, 0.2) is 36.7 Å². The molecule has 1 aromatic heterocycles. The van der Waals surface area contributed by atoms with Crippen LogP contribution in [0.5, 0.6) is 0 Å². The zero-order chi connectivity index (χ0) is 15.3. The minimum absolute atomic E-state index is 0.413. The fourth-order valence-electron chi connectivity index (χ4n) is 1.89. The molecule has 21 heavy (non-hydrogen) atoms. The number of benzene rings is 1. The van der Waals surface area contributed by atoms with E-state index < -0.39 is 11.7 Å². The second kappa shape index (κ2) is 6.62. The van der Waals surface area contributed by atoms with Crippen molar-refractivity contribution in [3.8, 4) is 5.69 Å². The molecule has 0 atom stereocenters. The Labute approximate surface area is 120 Å². The monoisotopic (exact) mass is 299 g/mol. The number of hydrogen-bond donors (Lipinski definition) is 1. The summed E-state index contributed by atoms with van der Waals surface area (Å²) in [7, 11) is 1.61. The van der Waals surface area contributed by atoms with Crippen LogP contribution >= 0.6 is 0 Å². The minimum Gasteiger partial charge on any atom is -0.385 e. The first kappa shape index (κ1) is 15.4. The summed E-state index contributed by atoms with van der Waals surface area (Å²) in [6.45, 7) is 1.24. The van der Waals surface area contributed by atoms with Gasteiger partial charge in [0.15, 0.2) is 0 Å². The molecule has 2 aromatic rings. The molecule has 4 nitrogen and oxygen atoms in total. The van der Waals surface area contributed by atoms with Crippen molar-refractivity contribution >= 4 is 5.95 Å². The topological polar surface area (TPSA) is 39.1 Å². The first-order chi connectivity index (χ1) is 10.0. The van der Waals surface area contributed by atoms with Gasteiger partial charge < -0.3 is 10.1 Å². The molecular formula is C14H16F3N3O. The van der Waals surface area contributed by atoms with E-state index in [9.17, 15) is 13.2 Å². The third-order valence-electron chi connectivity index (χ3n) is 2.90. The highest BCUT2D eigenvalue weighted by Crippen LogP contribution is 2.30. The van der Waals surface area contributed by atoms with Gasteiger partial charge in [-0.2, -0.15) is 13.2 Å². The molecular weight excluding hydrogens is 283 g/mol. The number of rotatable bonds is 6. The van der Waals surface area contributed by atoms with Gasteiger partial charge in [-0.25, -0.2) is 4.98 Å². The van der Waals surface area contributed by atoms with Gasteiger partial charge in [0.25, 0.3) is 0 Å². The molecule has 0 aliphatic carbocycles. The summed E-state index contributed by atoms with van der Waals surface area (Å²) in [6, 6.07) is 5.14. The van der Waals surface area contributed by atoms with Crippen LogP contribution in [0.25, 0.3) is 5.69 Å². The third-order valence-corrected chi connectivity index (χ3v) is 2.90. The van der Waals surface area contributed by atoms with Crippen molar-refractivity contribution < 1.29 is 17.9 Å². The fraction of sp³-hybridized carbons (Fsp3) is 0.357. The number of methoxy groups -OCH3 is 1. The molecule has 1 aromatic carbocycles. The SMILES string of the molecule is COCCCNc1nccn1-c1cccc(C(F)(F)F)c1. The average molecular weight is 299 g/mol. The lowest BCUT2D eigenvalue weighted by molar-refractivity contribution is -0.137. The molecule has 1 heterocycles. The Morgan fingerprint density at radius 3 is 2.86 bits per heavy atom. The summed E-state index contributed by atoms with van der Waals surface area (Å²) >= 11 is 0.